The van der Waals surface area contributed by atoms with E-state index in [0.29, 0.717) is 6.54 Å². The van der Waals surface area contributed by atoms with Crippen molar-refractivity contribution in [1.29, 1.82) is 0 Å². The maximum Gasteiger partial charge on any atom is 0.233 e. The lowest BCUT2D eigenvalue weighted by atomic mass is 10.1. The molecule has 4 rings (SSSR count). The van der Waals surface area contributed by atoms with Gasteiger partial charge in [-0.2, -0.15) is 0 Å². The second kappa shape index (κ2) is 7.46. The molecule has 0 N–H and O–H groups in total. The number of para-hydroxylation sites is 2. The average Bonchev–Trinajstić information content (AvgIpc) is 2.86. The van der Waals surface area contributed by atoms with Gasteiger partial charge in [0.05, 0.1) is 37.2 Å². The highest BCUT2D eigenvalue weighted by Gasteiger charge is 2.24. The molecule has 0 spiro atoms. The highest BCUT2D eigenvalue weighted by molar-refractivity contribution is 6.17. The third-order valence-electron chi connectivity index (χ3n) is 4.65. The highest BCUT2D eigenvalue weighted by atomic mass is 16.5. The number of amides is 1. The number of aliphatic imine (C=N–C) groups is 1. The summed E-state index contributed by atoms with van der Waals surface area (Å²) in [6.07, 6.45) is 0.258. The second-order valence-electron chi connectivity index (χ2n) is 6.42. The van der Waals surface area contributed by atoms with Gasteiger partial charge in [-0.25, -0.2) is 0 Å². The molecule has 0 unspecified atom stereocenters. The molecule has 4 nitrogen and oxygen atoms in total. The van der Waals surface area contributed by atoms with Crippen molar-refractivity contribution in [3.63, 3.8) is 0 Å². The van der Waals surface area contributed by atoms with E-state index in [4.69, 9.17) is 9.73 Å². The van der Waals surface area contributed by atoms with Crippen molar-refractivity contribution in [1.82, 2.24) is 0 Å². The molecule has 134 valence electrons. The molecule has 0 aromatic heterocycles. The Morgan fingerprint density at radius 1 is 0.926 bits per heavy atom. The Hall–Kier alpha value is -3.40. The maximum absolute atomic E-state index is 13.1. The molecule has 3 aromatic rings. The average molecular weight is 356 g/mol. The van der Waals surface area contributed by atoms with Gasteiger partial charge in [0, 0.05) is 0 Å². The van der Waals surface area contributed by atoms with Crippen molar-refractivity contribution in [3.8, 4) is 5.75 Å². The Bertz CT molecular complexity index is 979. The van der Waals surface area contributed by atoms with Gasteiger partial charge in [0.1, 0.15) is 5.75 Å². The molecule has 1 aliphatic heterocycles. The summed E-state index contributed by atoms with van der Waals surface area (Å²) in [6.45, 7) is 0.530. The van der Waals surface area contributed by atoms with Crippen LogP contribution in [-0.2, 0) is 11.3 Å². The van der Waals surface area contributed by atoms with Crippen LogP contribution in [0.2, 0.25) is 0 Å². The molecule has 1 aliphatic rings. The number of nitrogens with zero attached hydrogens (tertiary/aromatic N) is 2. The number of ether oxygens (including phenoxy) is 1. The fraction of sp³-hybridized carbons (Fsp3) is 0.130. The van der Waals surface area contributed by atoms with E-state index in [-0.39, 0.29) is 12.3 Å². The molecule has 1 heterocycles. The van der Waals surface area contributed by atoms with Gasteiger partial charge in [0.15, 0.2) is 0 Å². The minimum atomic E-state index is 0.0402. The molecule has 4 heteroatoms. The Morgan fingerprint density at radius 2 is 1.63 bits per heavy atom. The van der Waals surface area contributed by atoms with E-state index < -0.39 is 0 Å². The summed E-state index contributed by atoms with van der Waals surface area (Å²) in [5.74, 6) is 0.823. The fourth-order valence-corrected chi connectivity index (χ4v) is 3.23. The van der Waals surface area contributed by atoms with E-state index in [1.54, 1.807) is 7.11 Å². The van der Waals surface area contributed by atoms with Crippen LogP contribution in [0.15, 0.2) is 83.9 Å². The predicted molar refractivity (Wildman–Crippen MR) is 108 cm³/mol. The van der Waals surface area contributed by atoms with Crippen LogP contribution in [0.4, 0.5) is 11.4 Å². The van der Waals surface area contributed by atoms with Crippen LogP contribution in [0.5, 0.6) is 5.75 Å². The fourth-order valence-electron chi connectivity index (χ4n) is 3.23. The number of anilines is 1. The zero-order valence-electron chi connectivity index (χ0n) is 15.1. The first-order valence-electron chi connectivity index (χ1n) is 8.90. The van der Waals surface area contributed by atoms with Crippen LogP contribution >= 0.6 is 0 Å². The number of benzene rings is 3. The summed E-state index contributed by atoms with van der Waals surface area (Å²) in [7, 11) is 1.64. The van der Waals surface area contributed by atoms with Crippen molar-refractivity contribution in [3.05, 3.63) is 90.0 Å². The number of hydrogen-bond acceptors (Lipinski definition) is 3. The number of carbonyl (C=O) groups excluding carboxylic acids is 1. The van der Waals surface area contributed by atoms with Crippen LogP contribution in [0.25, 0.3) is 0 Å². The minimum Gasteiger partial charge on any atom is -0.497 e. The van der Waals surface area contributed by atoms with Crippen LogP contribution in [0.3, 0.4) is 0 Å². The van der Waals surface area contributed by atoms with Gasteiger partial charge in [0.25, 0.3) is 0 Å². The van der Waals surface area contributed by atoms with Gasteiger partial charge >= 0.3 is 0 Å². The minimum absolute atomic E-state index is 0.0402. The lowest BCUT2D eigenvalue weighted by Crippen LogP contribution is -2.31. The molecule has 0 fully saturated rings. The van der Waals surface area contributed by atoms with Crippen molar-refractivity contribution in [2.24, 2.45) is 4.99 Å². The van der Waals surface area contributed by atoms with Gasteiger partial charge in [-0.05, 0) is 47.5 Å². The standard InChI is InChI=1S/C23H20N2O2/c1-27-19-13-11-18(12-14-19)21-15-23(26)25(16-17-7-3-2-4-8-17)22-10-6-5-9-20(22)24-21/h2-14H,15-16H2,1H3. The zero-order valence-corrected chi connectivity index (χ0v) is 15.1. The Morgan fingerprint density at radius 3 is 2.37 bits per heavy atom. The van der Waals surface area contributed by atoms with Gasteiger partial charge < -0.3 is 9.64 Å². The van der Waals surface area contributed by atoms with Crippen molar-refractivity contribution in [2.45, 2.75) is 13.0 Å². The van der Waals surface area contributed by atoms with E-state index >= 15 is 0 Å². The van der Waals surface area contributed by atoms with Crippen LogP contribution < -0.4 is 9.64 Å². The normalized spacial score (nSPS) is 13.6. The Labute approximate surface area is 158 Å². The third kappa shape index (κ3) is 3.60. The molecule has 0 aliphatic carbocycles. The van der Waals surface area contributed by atoms with Crippen molar-refractivity contribution in [2.75, 3.05) is 12.0 Å². The number of fused-ring (bicyclic) bond motifs is 1. The van der Waals surface area contributed by atoms with E-state index in [9.17, 15) is 4.79 Å². The zero-order chi connectivity index (χ0) is 18.6. The molecule has 3 aromatic carbocycles. The van der Waals surface area contributed by atoms with E-state index in [0.717, 1.165) is 34.0 Å². The molecule has 0 bridgehead atoms. The number of rotatable bonds is 4. The summed E-state index contributed by atoms with van der Waals surface area (Å²) in [5, 5.41) is 0. The molecular formula is C23H20N2O2. The molecule has 0 saturated heterocycles. The predicted octanol–water partition coefficient (Wildman–Crippen LogP) is 4.75. The van der Waals surface area contributed by atoms with E-state index in [2.05, 4.69) is 0 Å². The van der Waals surface area contributed by atoms with Crippen LogP contribution in [-0.4, -0.2) is 18.7 Å². The second-order valence-corrected chi connectivity index (χ2v) is 6.42. The summed E-state index contributed by atoms with van der Waals surface area (Å²) in [6, 6.07) is 25.5. The van der Waals surface area contributed by atoms with Gasteiger partial charge in [-0.3, -0.25) is 9.79 Å². The first-order valence-corrected chi connectivity index (χ1v) is 8.90. The quantitative estimate of drug-likeness (QED) is 0.677. The van der Waals surface area contributed by atoms with Gasteiger partial charge in [-0.1, -0.05) is 42.5 Å². The third-order valence-corrected chi connectivity index (χ3v) is 4.65. The summed E-state index contributed by atoms with van der Waals surface area (Å²) < 4.78 is 5.23. The number of carbonyl (C=O) groups is 1. The van der Waals surface area contributed by atoms with Crippen LogP contribution in [0.1, 0.15) is 17.5 Å². The lowest BCUT2D eigenvalue weighted by molar-refractivity contribution is -0.117. The number of methoxy groups -OCH3 is 1. The maximum atomic E-state index is 13.1. The Balaban J connectivity index is 1.72. The van der Waals surface area contributed by atoms with E-state index in [1.165, 1.54) is 0 Å². The van der Waals surface area contributed by atoms with Crippen molar-refractivity contribution < 1.29 is 9.53 Å². The van der Waals surface area contributed by atoms with Crippen LogP contribution in [0, 0.1) is 0 Å². The highest BCUT2D eigenvalue weighted by Crippen LogP contribution is 2.34. The summed E-state index contributed by atoms with van der Waals surface area (Å²) in [4.78, 5) is 19.8. The van der Waals surface area contributed by atoms with Gasteiger partial charge in [0.2, 0.25) is 5.91 Å². The monoisotopic (exact) mass is 356 g/mol. The molecule has 0 saturated carbocycles. The molecular weight excluding hydrogens is 336 g/mol. The Kier molecular flexibility index (Phi) is 4.71. The lowest BCUT2D eigenvalue weighted by Gasteiger charge is -2.22. The summed E-state index contributed by atoms with van der Waals surface area (Å²) in [5.41, 5.74) is 4.44. The first kappa shape index (κ1) is 17.0. The largest absolute Gasteiger partial charge is 0.497 e. The molecule has 1 amide bonds. The topological polar surface area (TPSA) is 41.9 Å². The first-order chi connectivity index (χ1) is 13.2. The summed E-state index contributed by atoms with van der Waals surface area (Å²) >= 11 is 0. The molecule has 0 atom stereocenters. The number of hydrogen-bond donors (Lipinski definition) is 0. The van der Waals surface area contributed by atoms with Gasteiger partial charge in [-0.15, -0.1) is 0 Å². The SMILES string of the molecule is COc1ccc(C2=Nc3ccccc3N(Cc3ccccc3)C(=O)C2)cc1. The van der Waals surface area contributed by atoms with E-state index in [1.807, 2.05) is 83.8 Å². The molecule has 27 heavy (non-hydrogen) atoms. The van der Waals surface area contributed by atoms with Crippen molar-refractivity contribution >= 4 is 23.0 Å². The molecule has 0 radical (unpaired) electrons. The smallest absolute Gasteiger partial charge is 0.233 e.